The molecule has 3 heterocycles. The highest BCUT2D eigenvalue weighted by Gasteiger charge is 2.20. The van der Waals surface area contributed by atoms with Crippen LogP contribution in [0.4, 0.5) is 0 Å². The minimum Gasteiger partial charge on any atom is -0.489 e. The van der Waals surface area contributed by atoms with Gasteiger partial charge in [-0.3, -0.25) is 4.57 Å². The maximum absolute atomic E-state index is 6.12. The number of hydrogen-bond donors (Lipinski definition) is 2. The number of nitrogens with one attached hydrogen (secondary N) is 2. The molecule has 1 aromatic heterocycles. The third kappa shape index (κ3) is 3.73. The van der Waals surface area contributed by atoms with E-state index in [1.54, 1.807) is 0 Å². The highest BCUT2D eigenvalue weighted by Crippen LogP contribution is 2.29. The Bertz CT molecular complexity index is 706. The lowest BCUT2D eigenvalue weighted by atomic mass is 10.1. The molecule has 2 aliphatic rings. The van der Waals surface area contributed by atoms with E-state index < -0.39 is 0 Å². The predicted molar refractivity (Wildman–Crippen MR) is 95.3 cm³/mol. The third-order valence-corrected chi connectivity index (χ3v) is 4.77. The molecule has 1 aromatic carbocycles. The molecular formula is C18H26N4O3. The second-order valence-corrected chi connectivity index (χ2v) is 6.67. The Labute approximate surface area is 147 Å². The summed E-state index contributed by atoms with van der Waals surface area (Å²) in [6.07, 6.45) is 2.46. The fourth-order valence-corrected chi connectivity index (χ4v) is 3.41. The van der Waals surface area contributed by atoms with Crippen molar-refractivity contribution < 1.29 is 14.2 Å². The van der Waals surface area contributed by atoms with Crippen molar-refractivity contribution >= 4 is 11.0 Å². The van der Waals surface area contributed by atoms with Crippen molar-refractivity contribution in [3.05, 3.63) is 18.2 Å². The molecule has 0 radical (unpaired) electrons. The molecule has 4 rings (SSSR count). The number of para-hydroxylation sites is 1. The summed E-state index contributed by atoms with van der Waals surface area (Å²) < 4.78 is 19.9. The number of rotatable bonds is 5. The van der Waals surface area contributed by atoms with E-state index in [2.05, 4.69) is 15.6 Å². The van der Waals surface area contributed by atoms with Gasteiger partial charge in [0, 0.05) is 26.7 Å². The van der Waals surface area contributed by atoms with Crippen molar-refractivity contribution in [1.29, 1.82) is 0 Å². The molecule has 2 N–H and O–H groups in total. The van der Waals surface area contributed by atoms with Gasteiger partial charge in [0.1, 0.15) is 30.1 Å². The molecular weight excluding hydrogens is 320 g/mol. The monoisotopic (exact) mass is 346 g/mol. The van der Waals surface area contributed by atoms with Crippen LogP contribution in [0, 0.1) is 0 Å². The zero-order chi connectivity index (χ0) is 17.1. The Balaban J connectivity index is 1.51. The largest absolute Gasteiger partial charge is 0.489 e. The number of piperidine rings is 1. The van der Waals surface area contributed by atoms with Crippen LogP contribution < -0.4 is 20.1 Å². The van der Waals surface area contributed by atoms with Crippen LogP contribution in [0.25, 0.3) is 11.0 Å². The van der Waals surface area contributed by atoms with E-state index in [0.29, 0.717) is 12.6 Å². The van der Waals surface area contributed by atoms with Crippen molar-refractivity contribution in [2.45, 2.75) is 25.0 Å². The van der Waals surface area contributed by atoms with E-state index in [-0.39, 0.29) is 12.2 Å². The normalized spacial score (nSPS) is 24.4. The number of hydrogen-bond acceptors (Lipinski definition) is 6. The average Bonchev–Trinajstić information content (AvgIpc) is 2.98. The maximum atomic E-state index is 6.12. The molecule has 0 spiro atoms. The van der Waals surface area contributed by atoms with Crippen LogP contribution in [0.15, 0.2) is 18.2 Å². The van der Waals surface area contributed by atoms with Crippen LogP contribution in [0.5, 0.6) is 11.8 Å². The lowest BCUT2D eigenvalue weighted by Gasteiger charge is -2.24. The summed E-state index contributed by atoms with van der Waals surface area (Å²) in [7, 11) is 1.98. The first-order valence-electron chi connectivity index (χ1n) is 9.09. The molecule has 7 heteroatoms. The summed E-state index contributed by atoms with van der Waals surface area (Å²) in [6, 6.07) is 6.59. The fourth-order valence-electron chi connectivity index (χ4n) is 3.41. The summed E-state index contributed by atoms with van der Waals surface area (Å²) >= 11 is 0. The first kappa shape index (κ1) is 16.6. The van der Waals surface area contributed by atoms with Gasteiger partial charge in [-0.15, -0.1) is 0 Å². The topological polar surface area (TPSA) is 69.6 Å². The lowest BCUT2D eigenvalue weighted by molar-refractivity contribution is 0.000444. The molecule has 7 nitrogen and oxygen atoms in total. The fraction of sp³-hybridized carbons (Fsp3) is 0.611. The Morgan fingerprint density at radius 1 is 1.28 bits per heavy atom. The van der Waals surface area contributed by atoms with Gasteiger partial charge < -0.3 is 24.8 Å². The Kier molecular flexibility index (Phi) is 5.05. The smallest absolute Gasteiger partial charge is 0.297 e. The van der Waals surface area contributed by atoms with Gasteiger partial charge in [0.15, 0.2) is 0 Å². The van der Waals surface area contributed by atoms with Crippen LogP contribution in [0.2, 0.25) is 0 Å². The number of aromatic nitrogens is 2. The van der Waals surface area contributed by atoms with Crippen molar-refractivity contribution in [3.8, 4) is 11.8 Å². The van der Waals surface area contributed by atoms with Gasteiger partial charge in [0.05, 0.1) is 12.1 Å². The number of ether oxygens (including phenoxy) is 3. The number of imidazole rings is 1. The highest BCUT2D eigenvalue weighted by atomic mass is 16.5. The summed E-state index contributed by atoms with van der Waals surface area (Å²) in [5.74, 6) is 0.818. The molecule has 1 unspecified atom stereocenters. The zero-order valence-electron chi connectivity index (χ0n) is 14.7. The first-order chi connectivity index (χ1) is 12.3. The highest BCUT2D eigenvalue weighted by molar-refractivity contribution is 5.83. The quantitative estimate of drug-likeness (QED) is 0.844. The van der Waals surface area contributed by atoms with Crippen molar-refractivity contribution in [2.24, 2.45) is 7.05 Å². The minimum absolute atomic E-state index is 0.0845. The Hall–Kier alpha value is -1.83. The molecule has 2 aromatic rings. The summed E-state index contributed by atoms with van der Waals surface area (Å²) in [4.78, 5) is 4.65. The van der Waals surface area contributed by atoms with Crippen LogP contribution in [-0.2, 0) is 11.8 Å². The molecule has 2 atom stereocenters. The van der Waals surface area contributed by atoms with E-state index in [1.165, 1.54) is 0 Å². The number of benzene rings is 1. The van der Waals surface area contributed by atoms with Gasteiger partial charge in [-0.05, 0) is 31.5 Å². The second-order valence-electron chi connectivity index (χ2n) is 6.67. The van der Waals surface area contributed by atoms with E-state index in [4.69, 9.17) is 14.2 Å². The van der Waals surface area contributed by atoms with Crippen LogP contribution in [0.1, 0.15) is 12.8 Å². The number of nitrogens with zero attached hydrogens (tertiary/aromatic N) is 2. The maximum Gasteiger partial charge on any atom is 0.297 e. The Morgan fingerprint density at radius 3 is 3.00 bits per heavy atom. The SMILES string of the molecule is Cn1c(OC2CCCNC2)nc2cccc(OC[C@H]3CNCCO3)c21. The Morgan fingerprint density at radius 2 is 2.20 bits per heavy atom. The van der Waals surface area contributed by atoms with E-state index in [1.807, 2.05) is 29.8 Å². The molecule has 2 fully saturated rings. The molecule has 25 heavy (non-hydrogen) atoms. The number of aryl methyl sites for hydroxylation is 1. The number of fused-ring (bicyclic) bond motifs is 1. The molecule has 2 aliphatic heterocycles. The van der Waals surface area contributed by atoms with Crippen LogP contribution in [-0.4, -0.2) is 61.2 Å². The van der Waals surface area contributed by atoms with Gasteiger partial charge in [-0.2, -0.15) is 4.98 Å². The summed E-state index contributed by atoms with van der Waals surface area (Å²) in [6.45, 7) is 4.93. The van der Waals surface area contributed by atoms with Crippen molar-refractivity contribution in [3.63, 3.8) is 0 Å². The van der Waals surface area contributed by atoms with Gasteiger partial charge in [0.25, 0.3) is 6.01 Å². The molecule has 0 aliphatic carbocycles. The second kappa shape index (κ2) is 7.59. The molecule has 136 valence electrons. The van der Waals surface area contributed by atoms with E-state index >= 15 is 0 Å². The van der Waals surface area contributed by atoms with Gasteiger partial charge in [0.2, 0.25) is 0 Å². The third-order valence-electron chi connectivity index (χ3n) is 4.77. The molecule has 0 saturated carbocycles. The van der Waals surface area contributed by atoms with Gasteiger partial charge in [-0.1, -0.05) is 6.07 Å². The van der Waals surface area contributed by atoms with Crippen LogP contribution in [0.3, 0.4) is 0 Å². The molecule has 0 amide bonds. The summed E-state index contributed by atoms with van der Waals surface area (Å²) in [5.41, 5.74) is 1.85. The van der Waals surface area contributed by atoms with E-state index in [9.17, 15) is 0 Å². The van der Waals surface area contributed by atoms with Gasteiger partial charge >= 0.3 is 0 Å². The van der Waals surface area contributed by atoms with Crippen molar-refractivity contribution in [1.82, 2.24) is 20.2 Å². The summed E-state index contributed by atoms with van der Waals surface area (Å²) in [5, 5.41) is 6.69. The zero-order valence-corrected chi connectivity index (χ0v) is 14.7. The standard InChI is InChI=1S/C18H26N4O3/c1-22-17-15(21-18(22)25-13-4-3-7-19-10-13)5-2-6-16(17)24-12-14-11-20-8-9-23-14/h2,5-6,13-14,19-20H,3-4,7-12H2,1H3/t13?,14-/m1/s1. The van der Waals surface area contributed by atoms with Crippen molar-refractivity contribution in [2.75, 3.05) is 39.4 Å². The molecule has 2 saturated heterocycles. The lowest BCUT2D eigenvalue weighted by Crippen LogP contribution is -2.41. The minimum atomic E-state index is 0.0845. The average molecular weight is 346 g/mol. The van der Waals surface area contributed by atoms with Gasteiger partial charge in [-0.25, -0.2) is 0 Å². The first-order valence-corrected chi connectivity index (χ1v) is 9.09. The molecule has 0 bridgehead atoms. The predicted octanol–water partition coefficient (Wildman–Crippen LogP) is 1.07. The number of morpholine rings is 1. The van der Waals surface area contributed by atoms with Crippen LogP contribution >= 0.6 is 0 Å². The van der Waals surface area contributed by atoms with E-state index in [0.717, 1.165) is 62.4 Å².